The van der Waals surface area contributed by atoms with Crippen LogP contribution in [0.5, 0.6) is 11.5 Å². The standard InChI is InChI=1S/C15H23NO6.ClH/c1-4-11-9-13(20-7-5-18-2)14(21-8-6-19-3)10-12(11)15(17)22-16;/h9-10H,4-8,16H2,1-3H3;1H. The zero-order valence-corrected chi connectivity index (χ0v) is 14.4. The first-order valence-corrected chi connectivity index (χ1v) is 6.99. The van der Waals surface area contributed by atoms with Crippen molar-refractivity contribution >= 4 is 18.4 Å². The van der Waals surface area contributed by atoms with Crippen molar-refractivity contribution in [3.8, 4) is 11.5 Å². The molecule has 0 aliphatic rings. The van der Waals surface area contributed by atoms with Crippen LogP contribution in [-0.4, -0.2) is 46.6 Å². The van der Waals surface area contributed by atoms with Crippen molar-refractivity contribution in [2.75, 3.05) is 40.6 Å². The van der Waals surface area contributed by atoms with E-state index in [9.17, 15) is 4.79 Å². The van der Waals surface area contributed by atoms with Crippen molar-refractivity contribution in [2.45, 2.75) is 13.3 Å². The first-order valence-electron chi connectivity index (χ1n) is 6.99. The molecule has 132 valence electrons. The van der Waals surface area contributed by atoms with Crippen molar-refractivity contribution in [3.63, 3.8) is 0 Å². The van der Waals surface area contributed by atoms with E-state index in [0.29, 0.717) is 49.9 Å². The normalized spacial score (nSPS) is 9.91. The topological polar surface area (TPSA) is 89.2 Å². The van der Waals surface area contributed by atoms with Crippen LogP contribution in [0.15, 0.2) is 12.1 Å². The number of halogens is 1. The van der Waals surface area contributed by atoms with Crippen LogP contribution in [0.2, 0.25) is 0 Å². The van der Waals surface area contributed by atoms with Gasteiger partial charge in [-0.25, -0.2) is 4.79 Å². The van der Waals surface area contributed by atoms with Crippen LogP contribution < -0.4 is 15.4 Å². The van der Waals surface area contributed by atoms with Crippen molar-refractivity contribution in [1.82, 2.24) is 0 Å². The second-order valence-corrected chi connectivity index (χ2v) is 4.40. The van der Waals surface area contributed by atoms with Gasteiger partial charge >= 0.3 is 5.97 Å². The summed E-state index contributed by atoms with van der Waals surface area (Å²) in [6.07, 6.45) is 0.628. The lowest BCUT2D eigenvalue weighted by Gasteiger charge is -2.16. The molecule has 0 fully saturated rings. The van der Waals surface area contributed by atoms with Crippen LogP contribution in [0.25, 0.3) is 0 Å². The van der Waals surface area contributed by atoms with E-state index in [1.54, 1.807) is 26.4 Å². The van der Waals surface area contributed by atoms with E-state index in [1.807, 2.05) is 6.92 Å². The van der Waals surface area contributed by atoms with Crippen LogP contribution in [0.1, 0.15) is 22.8 Å². The number of carbonyl (C=O) groups excluding carboxylic acids is 1. The molecule has 0 amide bonds. The Labute approximate surface area is 142 Å². The minimum atomic E-state index is -0.614. The summed E-state index contributed by atoms with van der Waals surface area (Å²) >= 11 is 0. The largest absolute Gasteiger partial charge is 0.487 e. The maximum atomic E-state index is 11.8. The van der Waals surface area contributed by atoms with Crippen molar-refractivity contribution in [3.05, 3.63) is 23.3 Å². The highest BCUT2D eigenvalue weighted by Gasteiger charge is 2.17. The molecule has 0 saturated carbocycles. The van der Waals surface area contributed by atoms with Gasteiger partial charge in [0.15, 0.2) is 11.5 Å². The van der Waals surface area contributed by atoms with Crippen molar-refractivity contribution in [2.24, 2.45) is 5.90 Å². The summed E-state index contributed by atoms with van der Waals surface area (Å²) in [5.41, 5.74) is 1.12. The molecule has 0 atom stereocenters. The van der Waals surface area contributed by atoms with Crippen LogP contribution >= 0.6 is 12.4 Å². The fraction of sp³-hybridized carbons (Fsp3) is 0.533. The molecule has 0 unspecified atom stereocenters. The molecule has 2 N–H and O–H groups in total. The Morgan fingerprint density at radius 3 is 1.96 bits per heavy atom. The van der Waals surface area contributed by atoms with Crippen LogP contribution in [-0.2, 0) is 20.7 Å². The van der Waals surface area contributed by atoms with Gasteiger partial charge in [0.1, 0.15) is 13.2 Å². The minimum absolute atomic E-state index is 0. The summed E-state index contributed by atoms with van der Waals surface area (Å²) in [6, 6.07) is 3.33. The van der Waals surface area contributed by atoms with E-state index in [0.717, 1.165) is 5.56 Å². The molecule has 0 saturated heterocycles. The van der Waals surface area contributed by atoms with Crippen LogP contribution in [0.3, 0.4) is 0 Å². The maximum Gasteiger partial charge on any atom is 0.357 e. The summed E-state index contributed by atoms with van der Waals surface area (Å²) in [5, 5.41) is 0. The predicted molar refractivity (Wildman–Crippen MR) is 87.4 cm³/mol. The quantitative estimate of drug-likeness (QED) is 0.508. The first kappa shape index (κ1) is 21.5. The van der Waals surface area contributed by atoms with E-state index < -0.39 is 5.97 Å². The Morgan fingerprint density at radius 1 is 1.00 bits per heavy atom. The summed E-state index contributed by atoms with van der Waals surface area (Å²) in [6.45, 7) is 3.50. The molecule has 0 aliphatic heterocycles. The van der Waals surface area contributed by atoms with Gasteiger partial charge < -0.3 is 23.8 Å². The van der Waals surface area contributed by atoms with Crippen LogP contribution in [0, 0.1) is 0 Å². The molecule has 7 nitrogen and oxygen atoms in total. The van der Waals surface area contributed by atoms with E-state index in [2.05, 4.69) is 4.84 Å². The Balaban J connectivity index is 0.00000484. The van der Waals surface area contributed by atoms with E-state index in [4.69, 9.17) is 24.8 Å². The van der Waals surface area contributed by atoms with Gasteiger partial charge in [-0.05, 0) is 24.1 Å². The second kappa shape index (κ2) is 12.0. The zero-order chi connectivity index (χ0) is 16.4. The molecule has 1 aromatic rings. The molecular formula is C15H24ClNO6. The molecule has 0 heterocycles. The average molecular weight is 350 g/mol. The van der Waals surface area contributed by atoms with E-state index in [1.165, 1.54) is 0 Å². The zero-order valence-electron chi connectivity index (χ0n) is 13.6. The third kappa shape index (κ3) is 6.62. The molecular weight excluding hydrogens is 326 g/mol. The molecule has 0 bridgehead atoms. The van der Waals surface area contributed by atoms with Gasteiger partial charge in [0.25, 0.3) is 0 Å². The Bertz CT molecular complexity index is 483. The monoisotopic (exact) mass is 349 g/mol. The molecule has 0 aromatic heterocycles. The fourth-order valence-corrected chi connectivity index (χ4v) is 1.84. The van der Waals surface area contributed by atoms with Crippen molar-refractivity contribution in [1.29, 1.82) is 0 Å². The number of nitrogens with two attached hydrogens (primary N) is 1. The van der Waals surface area contributed by atoms with Gasteiger partial charge in [-0.2, -0.15) is 5.90 Å². The third-order valence-electron chi connectivity index (χ3n) is 2.97. The average Bonchev–Trinajstić information content (AvgIpc) is 2.55. The second-order valence-electron chi connectivity index (χ2n) is 4.40. The van der Waals surface area contributed by atoms with Crippen LogP contribution in [0.4, 0.5) is 0 Å². The maximum absolute atomic E-state index is 11.8. The smallest absolute Gasteiger partial charge is 0.357 e. The lowest BCUT2D eigenvalue weighted by molar-refractivity contribution is 0.0501. The number of hydrogen-bond acceptors (Lipinski definition) is 7. The van der Waals surface area contributed by atoms with Gasteiger partial charge in [0.2, 0.25) is 0 Å². The summed E-state index contributed by atoms with van der Waals surface area (Å²) < 4.78 is 21.2. The number of rotatable bonds is 10. The molecule has 0 aliphatic carbocycles. The molecule has 0 radical (unpaired) electrons. The summed E-state index contributed by atoms with van der Waals surface area (Å²) in [7, 11) is 3.17. The predicted octanol–water partition coefficient (Wildman–Crippen LogP) is 1.75. The molecule has 23 heavy (non-hydrogen) atoms. The highest BCUT2D eigenvalue weighted by molar-refractivity contribution is 5.91. The van der Waals surface area contributed by atoms with Gasteiger partial charge in [-0.3, -0.25) is 0 Å². The SMILES string of the molecule is CCc1cc(OCCOC)c(OCCOC)cc1C(=O)ON.Cl. The number of aryl methyl sites for hydroxylation is 1. The van der Waals surface area contributed by atoms with Gasteiger partial charge in [0.05, 0.1) is 18.8 Å². The Kier molecular flexibility index (Phi) is 11.2. The van der Waals surface area contributed by atoms with Gasteiger partial charge in [0, 0.05) is 14.2 Å². The number of ether oxygens (including phenoxy) is 4. The first-order chi connectivity index (χ1) is 10.7. The Hall–Kier alpha value is -1.54. The van der Waals surface area contributed by atoms with Gasteiger partial charge in [-0.1, -0.05) is 6.92 Å². The summed E-state index contributed by atoms with van der Waals surface area (Å²) in [5.74, 6) is 5.34. The number of hydrogen-bond donors (Lipinski definition) is 1. The van der Waals surface area contributed by atoms with Gasteiger partial charge in [-0.15, -0.1) is 12.4 Å². The minimum Gasteiger partial charge on any atom is -0.487 e. The number of carbonyl (C=O) groups is 1. The lowest BCUT2D eigenvalue weighted by Crippen LogP contribution is -2.14. The highest BCUT2D eigenvalue weighted by Crippen LogP contribution is 2.32. The number of methoxy groups -OCH3 is 2. The molecule has 1 rings (SSSR count). The van der Waals surface area contributed by atoms with Crippen molar-refractivity contribution < 1.29 is 28.6 Å². The third-order valence-corrected chi connectivity index (χ3v) is 2.97. The fourth-order valence-electron chi connectivity index (χ4n) is 1.84. The molecule has 0 spiro atoms. The number of benzene rings is 1. The van der Waals surface area contributed by atoms with E-state index in [-0.39, 0.29) is 12.4 Å². The van der Waals surface area contributed by atoms with E-state index >= 15 is 0 Å². The lowest BCUT2D eigenvalue weighted by atomic mass is 10.0. The molecule has 8 heteroatoms. The Morgan fingerprint density at radius 2 is 1.52 bits per heavy atom. The molecule has 1 aromatic carbocycles. The summed E-state index contributed by atoms with van der Waals surface area (Å²) in [4.78, 5) is 16.1. The highest BCUT2D eigenvalue weighted by atomic mass is 35.5.